The summed E-state index contributed by atoms with van der Waals surface area (Å²) in [4.78, 5) is 13.7. The van der Waals surface area contributed by atoms with E-state index in [0.717, 1.165) is 26.1 Å². The van der Waals surface area contributed by atoms with Crippen LogP contribution in [0.1, 0.15) is 40.5 Å². The second kappa shape index (κ2) is 7.63. The molecule has 1 unspecified atom stereocenters. The number of amides is 1. The fourth-order valence-corrected chi connectivity index (χ4v) is 1.79. The first kappa shape index (κ1) is 15.4. The first-order valence-electron chi connectivity index (χ1n) is 6.27. The fraction of sp³-hybridized carbons (Fsp3) is 0.917. The normalized spacial score (nSPS) is 15.1. The Morgan fingerprint density at radius 3 is 2.38 bits per heavy atom. The van der Waals surface area contributed by atoms with Crippen molar-refractivity contribution < 1.29 is 4.79 Å². The van der Waals surface area contributed by atoms with Crippen molar-refractivity contribution in [2.24, 2.45) is 5.73 Å². The van der Waals surface area contributed by atoms with Crippen LogP contribution >= 0.6 is 0 Å². The monoisotopic (exact) mass is 229 g/mol. The molecular weight excluding hydrogens is 202 g/mol. The quantitative estimate of drug-likeness (QED) is 0.619. The number of likely N-dealkylation sites (N-methyl/N-ethyl adjacent to an activating group) is 2. The lowest BCUT2D eigenvalue weighted by Gasteiger charge is -2.33. The van der Waals surface area contributed by atoms with E-state index in [-0.39, 0.29) is 5.91 Å². The van der Waals surface area contributed by atoms with Crippen molar-refractivity contribution in [2.45, 2.75) is 46.1 Å². The third kappa shape index (κ3) is 4.94. The van der Waals surface area contributed by atoms with Crippen molar-refractivity contribution in [3.05, 3.63) is 0 Å². The summed E-state index contributed by atoms with van der Waals surface area (Å²) in [6.07, 6.45) is 2.33. The Morgan fingerprint density at radius 1 is 1.38 bits per heavy atom. The fourth-order valence-electron chi connectivity index (χ4n) is 1.79. The number of nitrogens with one attached hydrogen (secondary N) is 1. The molecule has 1 atom stereocenters. The van der Waals surface area contributed by atoms with Crippen LogP contribution < -0.4 is 11.1 Å². The van der Waals surface area contributed by atoms with Crippen molar-refractivity contribution >= 4 is 5.91 Å². The predicted octanol–water partition coefficient (Wildman–Crippen LogP) is 0.962. The molecule has 0 bridgehead atoms. The molecule has 0 spiro atoms. The molecule has 0 radical (unpaired) electrons. The van der Waals surface area contributed by atoms with Crippen LogP contribution in [0.2, 0.25) is 0 Å². The molecule has 1 amide bonds. The van der Waals surface area contributed by atoms with Gasteiger partial charge in [-0.2, -0.15) is 0 Å². The van der Waals surface area contributed by atoms with E-state index in [0.29, 0.717) is 6.54 Å². The number of rotatable bonds is 9. The molecule has 4 heteroatoms. The molecule has 0 aliphatic carbocycles. The summed E-state index contributed by atoms with van der Waals surface area (Å²) in [5.41, 5.74) is 4.85. The molecule has 0 aliphatic rings. The first-order valence-corrected chi connectivity index (χ1v) is 6.27. The molecule has 0 aromatic rings. The van der Waals surface area contributed by atoms with Crippen LogP contribution in [0.4, 0.5) is 0 Å². The molecule has 0 saturated heterocycles. The molecule has 0 heterocycles. The predicted molar refractivity (Wildman–Crippen MR) is 68.3 cm³/mol. The van der Waals surface area contributed by atoms with Gasteiger partial charge in [0.05, 0.1) is 0 Å². The van der Waals surface area contributed by atoms with Crippen LogP contribution in [0, 0.1) is 0 Å². The Morgan fingerprint density at radius 2 is 2.00 bits per heavy atom. The van der Waals surface area contributed by atoms with Crippen LogP contribution in [0.25, 0.3) is 0 Å². The Balaban J connectivity index is 4.40. The highest BCUT2D eigenvalue weighted by molar-refractivity contribution is 5.84. The number of hydrogen-bond donors (Lipinski definition) is 2. The zero-order valence-corrected chi connectivity index (χ0v) is 11.2. The minimum Gasteiger partial charge on any atom is -0.368 e. The summed E-state index contributed by atoms with van der Waals surface area (Å²) in [6, 6.07) is 0. The Hall–Kier alpha value is -0.610. The highest BCUT2D eigenvalue weighted by Crippen LogP contribution is 2.07. The maximum Gasteiger partial charge on any atom is 0.238 e. The van der Waals surface area contributed by atoms with E-state index < -0.39 is 5.54 Å². The molecule has 0 saturated carbocycles. The van der Waals surface area contributed by atoms with Gasteiger partial charge in [-0.05, 0) is 33.0 Å². The van der Waals surface area contributed by atoms with E-state index in [1.165, 1.54) is 6.42 Å². The molecule has 3 N–H and O–H groups in total. The standard InChI is InChI=1S/C12H27N3O/c1-5-8-9-15(7-3)10-12(4,11(13)16)14-6-2/h14H,5-10H2,1-4H3,(H2,13,16). The summed E-state index contributed by atoms with van der Waals surface area (Å²) < 4.78 is 0. The van der Waals surface area contributed by atoms with Gasteiger partial charge in [-0.1, -0.05) is 27.2 Å². The van der Waals surface area contributed by atoms with Gasteiger partial charge >= 0.3 is 0 Å². The van der Waals surface area contributed by atoms with Crippen molar-refractivity contribution in [2.75, 3.05) is 26.2 Å². The second-order valence-electron chi connectivity index (χ2n) is 4.45. The molecule has 0 aliphatic heterocycles. The largest absolute Gasteiger partial charge is 0.368 e. The van der Waals surface area contributed by atoms with Crippen LogP contribution in [0.3, 0.4) is 0 Å². The van der Waals surface area contributed by atoms with E-state index in [1.807, 2.05) is 13.8 Å². The van der Waals surface area contributed by atoms with Gasteiger partial charge in [0.15, 0.2) is 0 Å². The average Bonchev–Trinajstić information content (AvgIpc) is 2.24. The van der Waals surface area contributed by atoms with Crippen molar-refractivity contribution in [3.63, 3.8) is 0 Å². The van der Waals surface area contributed by atoms with E-state index in [9.17, 15) is 4.79 Å². The van der Waals surface area contributed by atoms with E-state index in [2.05, 4.69) is 24.1 Å². The van der Waals surface area contributed by atoms with Gasteiger partial charge in [0.2, 0.25) is 5.91 Å². The van der Waals surface area contributed by atoms with Gasteiger partial charge in [0.25, 0.3) is 0 Å². The SMILES string of the molecule is CCCCN(CC)CC(C)(NCC)C(N)=O. The number of hydrogen-bond acceptors (Lipinski definition) is 3. The topological polar surface area (TPSA) is 58.4 Å². The molecule has 16 heavy (non-hydrogen) atoms. The highest BCUT2D eigenvalue weighted by atomic mass is 16.1. The molecular formula is C12H27N3O. The number of unbranched alkanes of at least 4 members (excludes halogenated alkanes) is 1. The molecule has 0 fully saturated rings. The lowest BCUT2D eigenvalue weighted by Crippen LogP contribution is -2.59. The van der Waals surface area contributed by atoms with E-state index in [4.69, 9.17) is 5.73 Å². The van der Waals surface area contributed by atoms with Gasteiger partial charge in [-0.3, -0.25) is 4.79 Å². The van der Waals surface area contributed by atoms with Crippen molar-refractivity contribution in [1.29, 1.82) is 0 Å². The zero-order chi connectivity index (χ0) is 12.6. The lowest BCUT2D eigenvalue weighted by molar-refractivity contribution is -0.124. The number of nitrogens with zero attached hydrogens (tertiary/aromatic N) is 1. The minimum atomic E-state index is -0.613. The average molecular weight is 229 g/mol. The first-order chi connectivity index (χ1) is 7.50. The third-order valence-electron chi connectivity index (χ3n) is 2.93. The van der Waals surface area contributed by atoms with Gasteiger partial charge in [-0.25, -0.2) is 0 Å². The zero-order valence-electron chi connectivity index (χ0n) is 11.2. The maximum absolute atomic E-state index is 11.5. The minimum absolute atomic E-state index is 0.274. The number of carbonyl (C=O) groups is 1. The smallest absolute Gasteiger partial charge is 0.238 e. The number of primary amides is 1. The Bertz CT molecular complexity index is 208. The summed E-state index contributed by atoms with van der Waals surface area (Å²) >= 11 is 0. The number of nitrogens with two attached hydrogens (primary N) is 1. The van der Waals surface area contributed by atoms with Crippen LogP contribution in [-0.2, 0) is 4.79 Å². The van der Waals surface area contributed by atoms with Gasteiger partial charge in [0.1, 0.15) is 5.54 Å². The van der Waals surface area contributed by atoms with Crippen LogP contribution in [0.5, 0.6) is 0 Å². The number of carbonyl (C=O) groups excluding carboxylic acids is 1. The summed E-state index contributed by atoms with van der Waals surface area (Å²) in [5.74, 6) is -0.274. The lowest BCUT2D eigenvalue weighted by atomic mass is 10.0. The molecule has 0 aromatic heterocycles. The van der Waals surface area contributed by atoms with E-state index >= 15 is 0 Å². The summed E-state index contributed by atoms with van der Waals surface area (Å²) in [6.45, 7) is 11.6. The summed E-state index contributed by atoms with van der Waals surface area (Å²) in [7, 11) is 0. The summed E-state index contributed by atoms with van der Waals surface area (Å²) in [5, 5.41) is 3.18. The maximum atomic E-state index is 11.5. The van der Waals surface area contributed by atoms with Crippen molar-refractivity contribution in [3.8, 4) is 0 Å². The van der Waals surface area contributed by atoms with E-state index in [1.54, 1.807) is 0 Å². The van der Waals surface area contributed by atoms with Crippen molar-refractivity contribution in [1.82, 2.24) is 10.2 Å². The van der Waals surface area contributed by atoms with Crippen LogP contribution in [-0.4, -0.2) is 42.5 Å². The molecule has 4 nitrogen and oxygen atoms in total. The van der Waals surface area contributed by atoms with Gasteiger partial charge in [0, 0.05) is 6.54 Å². The second-order valence-corrected chi connectivity index (χ2v) is 4.45. The van der Waals surface area contributed by atoms with Gasteiger partial charge in [-0.15, -0.1) is 0 Å². The highest BCUT2D eigenvalue weighted by Gasteiger charge is 2.31. The molecule has 0 aromatic carbocycles. The third-order valence-corrected chi connectivity index (χ3v) is 2.93. The van der Waals surface area contributed by atoms with Gasteiger partial charge < -0.3 is 16.0 Å². The Labute approximate surface area is 99.6 Å². The van der Waals surface area contributed by atoms with Crippen LogP contribution in [0.15, 0.2) is 0 Å². The Kier molecular flexibility index (Phi) is 7.34. The molecule has 0 rings (SSSR count). The molecule has 96 valence electrons.